The molecule has 1 heterocycles. The van der Waals surface area contributed by atoms with Crippen molar-refractivity contribution in [2.45, 2.75) is 26.3 Å². The highest BCUT2D eigenvalue weighted by Crippen LogP contribution is 2.19. The molecule has 0 atom stereocenters. The molecule has 1 aromatic heterocycles. The second kappa shape index (κ2) is 7.53. The molecule has 128 valence electrons. The Morgan fingerprint density at radius 3 is 2.52 bits per heavy atom. The van der Waals surface area contributed by atoms with Crippen LogP contribution in [0.1, 0.15) is 23.6 Å². The predicted octanol–water partition coefficient (Wildman–Crippen LogP) is 3.87. The van der Waals surface area contributed by atoms with E-state index in [-0.39, 0.29) is 18.9 Å². The SMILES string of the molecule is CCc1ccc2oc(=O)cc(CNC(=O)Cc3ccc(Cl)cc3)c2c1. The summed E-state index contributed by atoms with van der Waals surface area (Å²) in [6.07, 6.45) is 1.15. The summed E-state index contributed by atoms with van der Waals surface area (Å²) in [6.45, 7) is 2.34. The van der Waals surface area contributed by atoms with Gasteiger partial charge in [-0.2, -0.15) is 0 Å². The van der Waals surface area contributed by atoms with Crippen LogP contribution in [0.15, 0.2) is 57.7 Å². The van der Waals surface area contributed by atoms with E-state index in [1.54, 1.807) is 18.2 Å². The average molecular weight is 356 g/mol. The summed E-state index contributed by atoms with van der Waals surface area (Å²) in [4.78, 5) is 23.9. The molecular formula is C20H18ClNO3. The molecule has 0 aliphatic heterocycles. The van der Waals surface area contributed by atoms with E-state index in [0.717, 1.165) is 28.5 Å². The van der Waals surface area contributed by atoms with E-state index in [4.69, 9.17) is 16.0 Å². The van der Waals surface area contributed by atoms with Crippen LogP contribution in [0.5, 0.6) is 0 Å². The first-order valence-electron chi connectivity index (χ1n) is 8.12. The molecule has 2 aromatic carbocycles. The zero-order valence-corrected chi connectivity index (χ0v) is 14.6. The second-order valence-electron chi connectivity index (χ2n) is 5.85. The van der Waals surface area contributed by atoms with Crippen molar-refractivity contribution >= 4 is 28.5 Å². The Labute approximate surface area is 150 Å². The van der Waals surface area contributed by atoms with Gasteiger partial charge in [0.1, 0.15) is 5.58 Å². The fourth-order valence-corrected chi connectivity index (χ4v) is 2.81. The van der Waals surface area contributed by atoms with Crippen molar-refractivity contribution in [3.05, 3.63) is 80.7 Å². The van der Waals surface area contributed by atoms with Crippen LogP contribution >= 0.6 is 11.6 Å². The summed E-state index contributed by atoms with van der Waals surface area (Å²) in [5.74, 6) is -0.115. The van der Waals surface area contributed by atoms with E-state index in [0.29, 0.717) is 10.6 Å². The Kier molecular flexibility index (Phi) is 5.19. The van der Waals surface area contributed by atoms with Crippen molar-refractivity contribution in [1.82, 2.24) is 5.32 Å². The van der Waals surface area contributed by atoms with Gasteiger partial charge >= 0.3 is 5.63 Å². The molecule has 0 saturated heterocycles. The molecule has 0 aliphatic rings. The van der Waals surface area contributed by atoms with Crippen molar-refractivity contribution in [2.24, 2.45) is 0 Å². The summed E-state index contributed by atoms with van der Waals surface area (Å²) in [7, 11) is 0. The molecule has 0 fully saturated rings. The molecule has 0 unspecified atom stereocenters. The highest BCUT2D eigenvalue weighted by atomic mass is 35.5. The molecule has 0 aliphatic carbocycles. The fraction of sp³-hybridized carbons (Fsp3) is 0.200. The Balaban J connectivity index is 1.76. The van der Waals surface area contributed by atoms with Crippen LogP contribution in [0.25, 0.3) is 11.0 Å². The monoisotopic (exact) mass is 355 g/mol. The molecule has 0 saturated carbocycles. The van der Waals surface area contributed by atoms with Crippen LogP contribution in [0.3, 0.4) is 0 Å². The highest BCUT2D eigenvalue weighted by Gasteiger charge is 2.09. The van der Waals surface area contributed by atoms with Crippen LogP contribution in [-0.2, 0) is 24.2 Å². The van der Waals surface area contributed by atoms with Crippen molar-refractivity contribution in [3.63, 3.8) is 0 Å². The molecule has 3 rings (SSSR count). The molecule has 0 bridgehead atoms. The molecule has 0 spiro atoms. The maximum Gasteiger partial charge on any atom is 0.336 e. The largest absolute Gasteiger partial charge is 0.423 e. The number of hydrogen-bond donors (Lipinski definition) is 1. The van der Waals surface area contributed by atoms with E-state index in [2.05, 4.69) is 12.2 Å². The molecule has 0 radical (unpaired) electrons. The van der Waals surface area contributed by atoms with Crippen LogP contribution in [-0.4, -0.2) is 5.91 Å². The van der Waals surface area contributed by atoms with Gasteiger partial charge in [-0.3, -0.25) is 4.79 Å². The Bertz CT molecular complexity index is 961. The van der Waals surface area contributed by atoms with Crippen LogP contribution in [0, 0.1) is 0 Å². The fourth-order valence-electron chi connectivity index (χ4n) is 2.69. The third-order valence-corrected chi connectivity index (χ3v) is 4.31. The van der Waals surface area contributed by atoms with Crippen LogP contribution < -0.4 is 10.9 Å². The quantitative estimate of drug-likeness (QED) is 0.707. The number of carbonyl (C=O) groups is 1. The molecular weight excluding hydrogens is 338 g/mol. The summed E-state index contributed by atoms with van der Waals surface area (Å²) in [5, 5.41) is 4.36. The van der Waals surface area contributed by atoms with Crippen molar-refractivity contribution < 1.29 is 9.21 Å². The molecule has 4 nitrogen and oxygen atoms in total. The minimum absolute atomic E-state index is 0.115. The topological polar surface area (TPSA) is 59.3 Å². The second-order valence-corrected chi connectivity index (χ2v) is 6.29. The number of nitrogens with one attached hydrogen (secondary N) is 1. The van der Waals surface area contributed by atoms with Gasteiger partial charge < -0.3 is 9.73 Å². The number of halogens is 1. The lowest BCUT2D eigenvalue weighted by molar-refractivity contribution is -0.120. The average Bonchev–Trinajstić information content (AvgIpc) is 2.61. The number of carbonyl (C=O) groups excluding carboxylic acids is 1. The van der Waals surface area contributed by atoms with Gasteiger partial charge in [0, 0.05) is 23.0 Å². The van der Waals surface area contributed by atoms with Crippen molar-refractivity contribution in [1.29, 1.82) is 0 Å². The third kappa shape index (κ3) is 4.28. The molecule has 3 aromatic rings. The molecule has 5 heteroatoms. The Morgan fingerprint density at radius 1 is 1.08 bits per heavy atom. The van der Waals surface area contributed by atoms with E-state index < -0.39 is 5.63 Å². The summed E-state index contributed by atoms with van der Waals surface area (Å²) < 4.78 is 5.23. The van der Waals surface area contributed by atoms with Crippen molar-refractivity contribution in [2.75, 3.05) is 0 Å². The lowest BCUT2D eigenvalue weighted by atomic mass is 10.1. The number of aryl methyl sites for hydroxylation is 1. The zero-order valence-electron chi connectivity index (χ0n) is 13.8. The van der Waals surface area contributed by atoms with Crippen molar-refractivity contribution in [3.8, 4) is 0 Å². The number of fused-ring (bicyclic) bond motifs is 1. The van der Waals surface area contributed by atoms with Crippen LogP contribution in [0.2, 0.25) is 5.02 Å². The first kappa shape index (κ1) is 17.2. The summed E-state index contributed by atoms with van der Waals surface area (Å²) in [5.41, 5.74) is 2.90. The van der Waals surface area contributed by atoms with Gasteiger partial charge in [-0.15, -0.1) is 0 Å². The van der Waals surface area contributed by atoms with E-state index in [9.17, 15) is 9.59 Å². The summed E-state index contributed by atoms with van der Waals surface area (Å²) >= 11 is 5.85. The maximum absolute atomic E-state index is 12.2. The minimum atomic E-state index is -0.418. The lowest BCUT2D eigenvalue weighted by Gasteiger charge is -2.09. The molecule has 25 heavy (non-hydrogen) atoms. The zero-order chi connectivity index (χ0) is 17.8. The van der Waals surface area contributed by atoms with Gasteiger partial charge in [0.05, 0.1) is 6.42 Å². The van der Waals surface area contributed by atoms with Gasteiger partial charge in [-0.25, -0.2) is 4.79 Å². The minimum Gasteiger partial charge on any atom is -0.423 e. The first-order chi connectivity index (χ1) is 12.0. The highest BCUT2D eigenvalue weighted by molar-refractivity contribution is 6.30. The number of hydrogen-bond acceptors (Lipinski definition) is 3. The van der Waals surface area contributed by atoms with E-state index in [1.807, 2.05) is 24.3 Å². The Hall–Kier alpha value is -2.59. The number of amides is 1. The Morgan fingerprint density at radius 2 is 1.80 bits per heavy atom. The maximum atomic E-state index is 12.2. The standard InChI is InChI=1S/C20H18ClNO3/c1-2-13-5-8-18-17(9-13)15(11-20(24)25-18)12-22-19(23)10-14-3-6-16(21)7-4-14/h3-9,11H,2,10,12H2,1H3,(H,22,23). The smallest absolute Gasteiger partial charge is 0.336 e. The van der Waals surface area contributed by atoms with Gasteiger partial charge in [-0.05, 0) is 47.4 Å². The van der Waals surface area contributed by atoms with Gasteiger partial charge in [0.2, 0.25) is 5.91 Å². The first-order valence-corrected chi connectivity index (χ1v) is 8.50. The number of rotatable bonds is 5. The van der Waals surface area contributed by atoms with Gasteiger partial charge in [-0.1, -0.05) is 36.7 Å². The van der Waals surface area contributed by atoms with E-state index >= 15 is 0 Å². The van der Waals surface area contributed by atoms with E-state index in [1.165, 1.54) is 6.07 Å². The van der Waals surface area contributed by atoms with Gasteiger partial charge in [0.25, 0.3) is 0 Å². The third-order valence-electron chi connectivity index (χ3n) is 4.05. The normalized spacial score (nSPS) is 10.8. The number of benzene rings is 2. The summed E-state index contributed by atoms with van der Waals surface area (Å²) in [6, 6.07) is 14.3. The van der Waals surface area contributed by atoms with Gasteiger partial charge in [0.15, 0.2) is 0 Å². The predicted molar refractivity (Wildman–Crippen MR) is 98.9 cm³/mol. The molecule has 1 amide bonds. The van der Waals surface area contributed by atoms with Crippen LogP contribution in [0.4, 0.5) is 0 Å². The lowest BCUT2D eigenvalue weighted by Crippen LogP contribution is -2.25. The molecule has 1 N–H and O–H groups in total.